The molecule has 4 N–H and O–H groups in total. The second-order valence-corrected chi connectivity index (χ2v) is 16.8. The number of carbonyl (C=O) groups excluding carboxylic acids is 8. The second-order valence-electron chi connectivity index (χ2n) is 16.8. The first-order valence-corrected chi connectivity index (χ1v) is 20.9. The summed E-state index contributed by atoms with van der Waals surface area (Å²) in [7, 11) is 7.18. The topological polar surface area (TPSA) is 209 Å². The Morgan fingerprint density at radius 2 is 1.33 bits per heavy atom. The van der Waals surface area contributed by atoms with E-state index in [1.54, 1.807) is 7.05 Å². The lowest BCUT2D eigenvalue weighted by molar-refractivity contribution is -0.152. The first-order valence-electron chi connectivity index (χ1n) is 20.9. The molecule has 1 aliphatic rings. The highest BCUT2D eigenvalue weighted by molar-refractivity contribution is 6.08. The Balaban J connectivity index is 2.34. The number of aldehydes is 1. The number of nitrogens with zero attached hydrogens (tertiary/aromatic N) is 5. The maximum atomic E-state index is 14.3. The van der Waals surface area contributed by atoms with Crippen LogP contribution in [0.2, 0.25) is 0 Å². The zero-order valence-corrected chi connectivity index (χ0v) is 37.5. The van der Waals surface area contributed by atoms with Gasteiger partial charge in [0, 0.05) is 41.3 Å². The van der Waals surface area contributed by atoms with Crippen molar-refractivity contribution in [1.82, 2.24) is 40.4 Å². The molecule has 0 radical (unpaired) electrons. The molecule has 7 amide bonds. The fraction of sp³-hybridized carbons (Fsp3) is 0.674. The van der Waals surface area contributed by atoms with E-state index in [1.807, 2.05) is 58.0 Å². The number of hydrogen-bond donors (Lipinski definition) is 4. The van der Waals surface area contributed by atoms with Gasteiger partial charge in [0.15, 0.2) is 6.04 Å². The summed E-state index contributed by atoms with van der Waals surface area (Å²) < 4.78 is 0. The van der Waals surface area contributed by atoms with Gasteiger partial charge >= 0.3 is 0 Å². The maximum absolute atomic E-state index is 14.3. The fourth-order valence-corrected chi connectivity index (χ4v) is 7.08. The summed E-state index contributed by atoms with van der Waals surface area (Å²) >= 11 is 0. The van der Waals surface area contributed by atoms with E-state index >= 15 is 0 Å². The molecule has 0 spiro atoms. The number of carbonyl (C=O) groups is 8. The first-order chi connectivity index (χ1) is 28.2. The molecule has 336 valence electrons. The molecule has 17 nitrogen and oxygen atoms in total. The van der Waals surface area contributed by atoms with Crippen molar-refractivity contribution >= 4 is 47.6 Å². The number of likely N-dealkylation sites (tertiary alicyclic amines) is 1. The quantitative estimate of drug-likeness (QED) is 0.0935. The third-order valence-electron chi connectivity index (χ3n) is 11.0. The molecule has 0 saturated carbocycles. The van der Waals surface area contributed by atoms with Crippen molar-refractivity contribution in [1.29, 1.82) is 0 Å². The van der Waals surface area contributed by atoms with Gasteiger partial charge in [-0.1, -0.05) is 58.0 Å². The molecule has 0 bridgehead atoms. The van der Waals surface area contributed by atoms with E-state index in [0.717, 1.165) is 26.7 Å². The minimum absolute atomic E-state index is 0.127. The van der Waals surface area contributed by atoms with E-state index in [2.05, 4.69) is 16.0 Å². The monoisotopic (exact) mass is 843 g/mol. The Bertz CT molecular complexity index is 1620. The van der Waals surface area contributed by atoms with Gasteiger partial charge in [0.1, 0.15) is 24.4 Å². The molecule has 1 aromatic rings. The summed E-state index contributed by atoms with van der Waals surface area (Å²) in [6.07, 6.45) is 2.55. The molecule has 2 rings (SSSR count). The number of amides is 7. The second kappa shape index (κ2) is 24.4. The Kier molecular flexibility index (Phi) is 20.8. The average molecular weight is 843 g/mol. The fourth-order valence-electron chi connectivity index (χ4n) is 7.08. The molecule has 0 aliphatic carbocycles. The molecule has 1 heterocycles. The van der Waals surface area contributed by atoms with Crippen LogP contribution in [0.4, 0.5) is 0 Å². The van der Waals surface area contributed by atoms with E-state index in [-0.39, 0.29) is 24.7 Å². The summed E-state index contributed by atoms with van der Waals surface area (Å²) in [5, 5.41) is 18.6. The Morgan fingerprint density at radius 3 is 1.85 bits per heavy atom. The van der Waals surface area contributed by atoms with Crippen molar-refractivity contribution < 1.29 is 43.5 Å². The van der Waals surface area contributed by atoms with Crippen LogP contribution in [0.3, 0.4) is 0 Å². The minimum Gasteiger partial charge on any atom is -0.391 e. The van der Waals surface area contributed by atoms with Gasteiger partial charge in [0.25, 0.3) is 11.8 Å². The van der Waals surface area contributed by atoms with Gasteiger partial charge in [0.2, 0.25) is 29.5 Å². The smallest absolute Gasteiger partial charge is 0.255 e. The van der Waals surface area contributed by atoms with Crippen LogP contribution in [0.25, 0.3) is 0 Å². The van der Waals surface area contributed by atoms with Crippen molar-refractivity contribution in [2.75, 3.05) is 54.9 Å². The van der Waals surface area contributed by atoms with Crippen molar-refractivity contribution in [2.24, 2.45) is 11.8 Å². The van der Waals surface area contributed by atoms with E-state index in [1.165, 1.54) is 51.8 Å². The standard InChI is InChI=1S/C43H70N8O9/c1-27(2)22-33(44-7)38(55)45-36(30(6)53)41(58)47(8)25-35(54)50(11)34(23-28(3)4)39(56)46-37(43(60)51-20-16-13-17-21-51)42(59)48(9)29(5)40(57)49(10)32(26-52)24-31-18-14-12-15-19-31/h12,14-15,18-19,26-30,32-34,36-37,44,53H,13,16-17,20-25H2,1-11H3,(H,45,55)(H,46,56)/t29-,30+,32-,33-,34-,36-,37-/m0/s1. The highest BCUT2D eigenvalue weighted by Gasteiger charge is 2.41. The third kappa shape index (κ3) is 14.7. The lowest BCUT2D eigenvalue weighted by Crippen LogP contribution is -2.62. The average Bonchev–Trinajstić information content (AvgIpc) is 3.22. The summed E-state index contributed by atoms with van der Waals surface area (Å²) in [5.74, 6) is -4.66. The first kappa shape index (κ1) is 51.2. The van der Waals surface area contributed by atoms with Crippen LogP contribution in [-0.2, 0) is 44.8 Å². The summed E-state index contributed by atoms with van der Waals surface area (Å²) in [6, 6.07) is 2.32. The number of likely N-dealkylation sites (N-methyl/N-ethyl adjacent to an activating group) is 5. The number of nitrogens with one attached hydrogen (secondary N) is 3. The number of rotatable bonds is 22. The van der Waals surface area contributed by atoms with E-state index in [4.69, 9.17) is 0 Å². The van der Waals surface area contributed by atoms with Gasteiger partial charge < -0.3 is 50.4 Å². The normalized spacial score (nSPS) is 16.3. The molecule has 1 fully saturated rings. The SMILES string of the molecule is CN[C@@H](CC(C)C)C(=O)N[C@H](C(=O)N(C)CC(=O)N(C)[C@@H](CC(C)C)C(=O)N[C@H](C(=O)N1CCCCC1)C(=O)N(C)[C@@H](C)C(=O)N(C)[C@H](C=O)Cc1ccccc1)[C@@H](C)O. The molecule has 0 unspecified atom stereocenters. The van der Waals surface area contributed by atoms with E-state index in [0.29, 0.717) is 38.6 Å². The molecule has 0 aromatic heterocycles. The van der Waals surface area contributed by atoms with Gasteiger partial charge in [-0.25, -0.2) is 0 Å². The molecular formula is C43H70N8O9. The number of benzene rings is 1. The maximum Gasteiger partial charge on any atom is 0.255 e. The predicted octanol–water partition coefficient (Wildman–Crippen LogP) is 0.430. The minimum atomic E-state index is -1.73. The van der Waals surface area contributed by atoms with Crippen LogP contribution < -0.4 is 16.0 Å². The summed E-state index contributed by atoms with van der Waals surface area (Å²) in [4.78, 5) is 115. The van der Waals surface area contributed by atoms with Crippen molar-refractivity contribution in [3.05, 3.63) is 35.9 Å². The van der Waals surface area contributed by atoms with Gasteiger partial charge in [-0.15, -0.1) is 0 Å². The molecule has 7 atom stereocenters. The number of piperidine rings is 1. The summed E-state index contributed by atoms with van der Waals surface area (Å²) in [5.41, 5.74) is 0.840. The zero-order chi connectivity index (χ0) is 45.4. The van der Waals surface area contributed by atoms with Gasteiger partial charge in [-0.05, 0) is 76.8 Å². The molecular weight excluding hydrogens is 773 g/mol. The van der Waals surface area contributed by atoms with Crippen molar-refractivity contribution in [3.8, 4) is 0 Å². The van der Waals surface area contributed by atoms with Crippen LogP contribution >= 0.6 is 0 Å². The van der Waals surface area contributed by atoms with Crippen LogP contribution in [0, 0.1) is 11.8 Å². The Morgan fingerprint density at radius 1 is 0.750 bits per heavy atom. The Hall–Kier alpha value is -4.90. The number of hydrogen-bond acceptors (Lipinski definition) is 10. The molecule has 1 aromatic carbocycles. The predicted molar refractivity (Wildman–Crippen MR) is 227 cm³/mol. The van der Waals surface area contributed by atoms with Crippen LogP contribution in [0.1, 0.15) is 79.2 Å². The van der Waals surface area contributed by atoms with E-state index in [9.17, 15) is 43.5 Å². The Labute approximate surface area is 355 Å². The molecule has 60 heavy (non-hydrogen) atoms. The van der Waals surface area contributed by atoms with Crippen LogP contribution in [0.15, 0.2) is 30.3 Å². The number of aliphatic hydroxyl groups is 1. The van der Waals surface area contributed by atoms with Crippen molar-refractivity contribution in [2.45, 2.75) is 122 Å². The van der Waals surface area contributed by atoms with Gasteiger partial charge in [-0.2, -0.15) is 0 Å². The van der Waals surface area contributed by atoms with Crippen molar-refractivity contribution in [3.63, 3.8) is 0 Å². The lowest BCUT2D eigenvalue weighted by Gasteiger charge is -2.36. The zero-order valence-electron chi connectivity index (χ0n) is 37.5. The van der Waals surface area contributed by atoms with Crippen LogP contribution in [-0.4, -0.2) is 174 Å². The van der Waals surface area contributed by atoms with Gasteiger partial charge in [0.05, 0.1) is 24.7 Å². The summed E-state index contributed by atoms with van der Waals surface area (Å²) in [6.45, 7) is 10.6. The molecule has 17 heteroatoms. The largest absolute Gasteiger partial charge is 0.391 e. The number of aliphatic hydroxyl groups excluding tert-OH is 1. The van der Waals surface area contributed by atoms with Crippen LogP contribution in [0.5, 0.6) is 0 Å². The molecule has 1 saturated heterocycles. The van der Waals surface area contributed by atoms with E-state index < -0.39 is 90.3 Å². The highest BCUT2D eigenvalue weighted by atomic mass is 16.3. The third-order valence-corrected chi connectivity index (χ3v) is 11.0. The highest BCUT2D eigenvalue weighted by Crippen LogP contribution is 2.17. The lowest BCUT2D eigenvalue weighted by atomic mass is 10.0. The molecule has 1 aliphatic heterocycles. The van der Waals surface area contributed by atoms with Gasteiger partial charge in [-0.3, -0.25) is 33.6 Å².